The van der Waals surface area contributed by atoms with Crippen molar-refractivity contribution < 1.29 is 22.0 Å². The fourth-order valence-corrected chi connectivity index (χ4v) is 4.46. The molecule has 0 spiro atoms. The van der Waals surface area contributed by atoms with Crippen molar-refractivity contribution in [2.45, 2.75) is 36.1 Å². The lowest BCUT2D eigenvalue weighted by Crippen LogP contribution is -2.41. The molecule has 1 unspecified atom stereocenters. The summed E-state index contributed by atoms with van der Waals surface area (Å²) < 4.78 is 50.2. The third-order valence-electron chi connectivity index (χ3n) is 3.52. The van der Waals surface area contributed by atoms with Crippen LogP contribution in [-0.2, 0) is 22.8 Å². The van der Waals surface area contributed by atoms with Gasteiger partial charge in [-0.05, 0) is 17.9 Å². The van der Waals surface area contributed by atoms with Crippen molar-refractivity contribution in [1.29, 1.82) is 0 Å². The second-order valence-electron chi connectivity index (χ2n) is 4.99. The highest BCUT2D eigenvalue weighted by atomic mass is 32.2. The molecule has 2 aromatic heterocycles. The molecular weight excluding hydrogens is 350 g/mol. The summed E-state index contributed by atoms with van der Waals surface area (Å²) in [5.41, 5.74) is 0. The van der Waals surface area contributed by atoms with Crippen LogP contribution in [-0.4, -0.2) is 40.9 Å². The average Bonchev–Trinajstić information content (AvgIpc) is 3.15. The van der Waals surface area contributed by atoms with Gasteiger partial charge >= 0.3 is 5.76 Å². The van der Waals surface area contributed by atoms with E-state index in [1.165, 1.54) is 11.7 Å². The Morgan fingerprint density at radius 2 is 2.26 bits per heavy atom. The number of aryl methyl sites for hydroxylation is 1. The van der Waals surface area contributed by atoms with E-state index in [4.69, 9.17) is 0 Å². The van der Waals surface area contributed by atoms with Crippen LogP contribution >= 0.6 is 11.3 Å². The van der Waals surface area contributed by atoms with Gasteiger partial charge in [-0.15, -0.1) is 11.3 Å². The fraction of sp³-hybridized carbons (Fsp3) is 0.417. The molecule has 124 valence electrons. The number of amides is 1. The summed E-state index contributed by atoms with van der Waals surface area (Å²) in [5.74, 6) is -3.42. The number of carbonyl (C=O) groups is 1. The van der Waals surface area contributed by atoms with Gasteiger partial charge in [0.25, 0.3) is 5.91 Å². The third-order valence-corrected chi connectivity index (χ3v) is 5.98. The fourth-order valence-electron chi connectivity index (χ4n) is 2.39. The van der Waals surface area contributed by atoms with E-state index in [2.05, 4.69) is 15.4 Å². The SMILES string of the molecule is O=C(NC1CCc2ncnn2C1)c1sccc1S(=O)(=O)C(F)F. The number of nitrogens with zero attached hydrogens (tertiary/aromatic N) is 3. The molecule has 0 fully saturated rings. The quantitative estimate of drug-likeness (QED) is 0.878. The van der Waals surface area contributed by atoms with E-state index in [-0.39, 0.29) is 10.9 Å². The molecule has 1 N–H and O–H groups in total. The molecule has 7 nitrogen and oxygen atoms in total. The Labute approximate surface area is 134 Å². The molecule has 0 bridgehead atoms. The molecule has 1 atom stereocenters. The highest BCUT2D eigenvalue weighted by molar-refractivity contribution is 7.92. The monoisotopic (exact) mass is 362 g/mol. The molecule has 3 rings (SSSR count). The van der Waals surface area contributed by atoms with Crippen molar-refractivity contribution in [3.8, 4) is 0 Å². The van der Waals surface area contributed by atoms with Crippen LogP contribution in [0.2, 0.25) is 0 Å². The molecule has 0 saturated heterocycles. The number of aromatic nitrogens is 3. The van der Waals surface area contributed by atoms with Gasteiger partial charge in [-0.1, -0.05) is 0 Å². The lowest BCUT2D eigenvalue weighted by atomic mass is 10.1. The zero-order valence-electron chi connectivity index (χ0n) is 11.6. The van der Waals surface area contributed by atoms with Crippen molar-refractivity contribution in [2.75, 3.05) is 0 Å². The predicted molar refractivity (Wildman–Crippen MR) is 77.1 cm³/mol. The van der Waals surface area contributed by atoms with Crippen LogP contribution in [0.1, 0.15) is 21.9 Å². The number of alkyl halides is 2. The summed E-state index contributed by atoms with van der Waals surface area (Å²) in [6.07, 6.45) is 2.66. The Morgan fingerprint density at radius 1 is 1.48 bits per heavy atom. The first-order valence-electron chi connectivity index (χ1n) is 6.66. The number of carbonyl (C=O) groups excluding carboxylic acids is 1. The Bertz CT molecular complexity index is 831. The minimum atomic E-state index is -4.80. The average molecular weight is 362 g/mol. The maximum absolute atomic E-state index is 12.7. The highest BCUT2D eigenvalue weighted by Crippen LogP contribution is 2.27. The number of hydrogen-bond acceptors (Lipinski definition) is 6. The number of rotatable bonds is 4. The Morgan fingerprint density at radius 3 is 3.00 bits per heavy atom. The summed E-state index contributed by atoms with van der Waals surface area (Å²) in [4.78, 5) is 15.5. The molecule has 1 aliphatic rings. The van der Waals surface area contributed by atoms with E-state index < -0.39 is 26.4 Å². The van der Waals surface area contributed by atoms with Crippen LogP contribution in [0.5, 0.6) is 0 Å². The van der Waals surface area contributed by atoms with Crippen molar-refractivity contribution in [2.24, 2.45) is 0 Å². The number of fused-ring (bicyclic) bond motifs is 1. The Kier molecular flexibility index (Phi) is 4.15. The number of thiophene rings is 1. The van der Waals surface area contributed by atoms with E-state index in [9.17, 15) is 22.0 Å². The molecule has 2 aromatic rings. The smallest absolute Gasteiger partial charge is 0.341 e. The highest BCUT2D eigenvalue weighted by Gasteiger charge is 2.33. The summed E-state index contributed by atoms with van der Waals surface area (Å²) >= 11 is 0.818. The second-order valence-corrected chi connectivity index (χ2v) is 7.79. The molecule has 1 aliphatic heterocycles. The first kappa shape index (κ1) is 16.0. The second kappa shape index (κ2) is 5.96. The number of sulfone groups is 1. The predicted octanol–water partition coefficient (Wildman–Crippen LogP) is 1.08. The van der Waals surface area contributed by atoms with Crippen molar-refractivity contribution in [3.05, 3.63) is 28.5 Å². The molecule has 0 saturated carbocycles. The van der Waals surface area contributed by atoms with Gasteiger partial charge in [0.1, 0.15) is 17.0 Å². The first-order chi connectivity index (χ1) is 10.9. The molecule has 3 heterocycles. The lowest BCUT2D eigenvalue weighted by molar-refractivity contribution is 0.0927. The summed E-state index contributed by atoms with van der Waals surface area (Å²) in [6.45, 7) is 0.406. The summed E-state index contributed by atoms with van der Waals surface area (Å²) in [7, 11) is -4.80. The van der Waals surface area contributed by atoms with Gasteiger partial charge in [0.05, 0.1) is 11.4 Å². The minimum Gasteiger partial charge on any atom is -0.347 e. The topological polar surface area (TPSA) is 93.9 Å². The Balaban J connectivity index is 1.77. The van der Waals surface area contributed by atoms with Gasteiger partial charge in [-0.25, -0.2) is 18.1 Å². The number of hydrogen-bond donors (Lipinski definition) is 1. The van der Waals surface area contributed by atoms with Crippen LogP contribution in [0.4, 0.5) is 8.78 Å². The van der Waals surface area contributed by atoms with E-state index in [0.717, 1.165) is 23.2 Å². The lowest BCUT2D eigenvalue weighted by Gasteiger charge is -2.23. The number of nitrogens with one attached hydrogen (secondary N) is 1. The summed E-state index contributed by atoms with van der Waals surface area (Å²) in [6, 6.07) is 0.762. The standard InChI is InChI=1S/C12H12F2N4O3S2/c13-12(14)23(20,21)8-3-4-22-10(8)11(19)17-7-1-2-9-15-6-16-18(9)5-7/h3-4,6-7,12H,1-2,5H2,(H,17,19). The summed E-state index contributed by atoms with van der Waals surface area (Å²) in [5, 5.41) is 8.00. The molecular formula is C12H12F2N4O3S2. The normalized spacial score (nSPS) is 18.0. The molecule has 0 aliphatic carbocycles. The van der Waals surface area contributed by atoms with Gasteiger partial charge in [0, 0.05) is 12.5 Å². The van der Waals surface area contributed by atoms with Crippen molar-refractivity contribution >= 4 is 27.1 Å². The van der Waals surface area contributed by atoms with Crippen LogP contribution in [0, 0.1) is 0 Å². The van der Waals surface area contributed by atoms with E-state index in [1.54, 1.807) is 4.68 Å². The zero-order valence-corrected chi connectivity index (χ0v) is 13.3. The maximum Gasteiger partial charge on any atom is 0.341 e. The minimum absolute atomic E-state index is 0.227. The van der Waals surface area contributed by atoms with Crippen molar-refractivity contribution in [3.63, 3.8) is 0 Å². The first-order valence-corrected chi connectivity index (χ1v) is 9.09. The van der Waals surface area contributed by atoms with Crippen molar-refractivity contribution in [1.82, 2.24) is 20.1 Å². The van der Waals surface area contributed by atoms with E-state index in [0.29, 0.717) is 19.4 Å². The van der Waals surface area contributed by atoms with Crippen LogP contribution < -0.4 is 5.32 Å². The third kappa shape index (κ3) is 2.98. The molecule has 0 radical (unpaired) electrons. The maximum atomic E-state index is 12.7. The largest absolute Gasteiger partial charge is 0.347 e. The molecule has 23 heavy (non-hydrogen) atoms. The van der Waals surface area contributed by atoms with Crippen LogP contribution in [0.25, 0.3) is 0 Å². The zero-order chi connectivity index (χ0) is 16.6. The van der Waals surface area contributed by atoms with Crippen LogP contribution in [0.15, 0.2) is 22.7 Å². The Hall–Kier alpha value is -1.88. The van der Waals surface area contributed by atoms with Gasteiger partial charge in [-0.3, -0.25) is 4.79 Å². The van der Waals surface area contributed by atoms with Gasteiger partial charge < -0.3 is 5.32 Å². The molecule has 0 aromatic carbocycles. The molecule has 11 heteroatoms. The van der Waals surface area contributed by atoms with E-state index >= 15 is 0 Å². The number of halogens is 2. The van der Waals surface area contributed by atoms with Gasteiger partial charge in [-0.2, -0.15) is 13.9 Å². The molecule has 1 amide bonds. The van der Waals surface area contributed by atoms with Gasteiger partial charge in [0.15, 0.2) is 0 Å². The van der Waals surface area contributed by atoms with Crippen LogP contribution in [0.3, 0.4) is 0 Å². The van der Waals surface area contributed by atoms with Gasteiger partial charge in [0.2, 0.25) is 9.84 Å². The van der Waals surface area contributed by atoms with E-state index in [1.807, 2.05) is 0 Å².